The summed E-state index contributed by atoms with van der Waals surface area (Å²) in [7, 11) is 3.73. The summed E-state index contributed by atoms with van der Waals surface area (Å²) in [5, 5.41) is 2.94. The van der Waals surface area contributed by atoms with Crippen molar-refractivity contribution in [2.24, 2.45) is 14.1 Å². The monoisotopic (exact) mass is 363 g/mol. The summed E-state index contributed by atoms with van der Waals surface area (Å²) in [4.78, 5) is 21.4. The summed E-state index contributed by atoms with van der Waals surface area (Å²) in [6, 6.07) is 9.91. The Bertz CT molecular complexity index is 1130. The zero-order valence-corrected chi connectivity index (χ0v) is 15.0. The molecule has 0 aliphatic rings. The van der Waals surface area contributed by atoms with Crippen molar-refractivity contribution in [3.8, 4) is 11.1 Å². The van der Waals surface area contributed by atoms with Gasteiger partial charge in [-0.05, 0) is 35.4 Å². The van der Waals surface area contributed by atoms with Crippen molar-refractivity contribution in [1.29, 1.82) is 0 Å². The van der Waals surface area contributed by atoms with Crippen LogP contribution in [0.25, 0.3) is 22.2 Å². The van der Waals surface area contributed by atoms with Gasteiger partial charge in [-0.1, -0.05) is 12.1 Å². The molecule has 4 aromatic rings. The average Bonchev–Trinajstić information content (AvgIpc) is 3.25. The van der Waals surface area contributed by atoms with E-state index in [0.29, 0.717) is 17.6 Å². The molecule has 0 bridgehead atoms. The van der Waals surface area contributed by atoms with Crippen LogP contribution >= 0.6 is 0 Å². The number of nitrogens with one attached hydrogen (secondary N) is 1. The summed E-state index contributed by atoms with van der Waals surface area (Å²) < 4.78 is 16.9. The van der Waals surface area contributed by atoms with Gasteiger partial charge in [0.05, 0.1) is 41.5 Å². The van der Waals surface area contributed by atoms with Crippen molar-refractivity contribution < 1.29 is 9.18 Å². The Morgan fingerprint density at radius 3 is 2.56 bits per heavy atom. The summed E-state index contributed by atoms with van der Waals surface area (Å²) in [6.07, 6.45) is 5.09. The smallest absolute Gasteiger partial charge is 0.253 e. The van der Waals surface area contributed by atoms with Crippen LogP contribution in [0.15, 0.2) is 55.2 Å². The zero-order chi connectivity index (χ0) is 19.0. The molecule has 0 unspecified atom stereocenters. The first-order chi connectivity index (χ1) is 13.0. The van der Waals surface area contributed by atoms with Crippen molar-refractivity contribution in [3.05, 3.63) is 72.3 Å². The first-order valence-corrected chi connectivity index (χ1v) is 8.47. The number of hydrogen-bond donors (Lipinski definition) is 1. The number of rotatable bonds is 4. The van der Waals surface area contributed by atoms with Gasteiger partial charge in [0.25, 0.3) is 5.91 Å². The van der Waals surface area contributed by atoms with Gasteiger partial charge >= 0.3 is 0 Å². The van der Waals surface area contributed by atoms with Gasteiger partial charge < -0.3 is 14.5 Å². The van der Waals surface area contributed by atoms with E-state index in [1.165, 1.54) is 12.1 Å². The fourth-order valence-corrected chi connectivity index (χ4v) is 3.10. The van der Waals surface area contributed by atoms with Crippen molar-refractivity contribution in [3.63, 3.8) is 0 Å². The molecule has 0 spiro atoms. The predicted molar refractivity (Wildman–Crippen MR) is 100 cm³/mol. The van der Waals surface area contributed by atoms with Crippen LogP contribution in [0.2, 0.25) is 0 Å². The molecule has 1 amide bonds. The van der Waals surface area contributed by atoms with Crippen LogP contribution in [0, 0.1) is 5.82 Å². The van der Waals surface area contributed by atoms with Crippen LogP contribution in [0.4, 0.5) is 4.39 Å². The molecule has 136 valence electrons. The summed E-state index contributed by atoms with van der Waals surface area (Å²) >= 11 is 0. The molecular formula is C20H18FN5O. The van der Waals surface area contributed by atoms with E-state index in [4.69, 9.17) is 0 Å². The molecule has 2 aromatic carbocycles. The Morgan fingerprint density at radius 2 is 1.85 bits per heavy atom. The molecule has 0 fully saturated rings. The van der Waals surface area contributed by atoms with Crippen LogP contribution < -0.4 is 5.32 Å². The van der Waals surface area contributed by atoms with Gasteiger partial charge in [-0.25, -0.2) is 14.4 Å². The van der Waals surface area contributed by atoms with Gasteiger partial charge in [0.15, 0.2) is 0 Å². The molecule has 7 heteroatoms. The van der Waals surface area contributed by atoms with Gasteiger partial charge in [-0.15, -0.1) is 0 Å². The summed E-state index contributed by atoms with van der Waals surface area (Å²) in [6.45, 7) is 0.370. The lowest BCUT2D eigenvalue weighted by atomic mass is 10.0. The van der Waals surface area contributed by atoms with Crippen molar-refractivity contribution in [2.45, 2.75) is 6.54 Å². The Hall–Kier alpha value is -3.48. The minimum Gasteiger partial charge on any atom is -0.346 e. The Kier molecular flexibility index (Phi) is 4.19. The molecule has 0 atom stereocenters. The van der Waals surface area contributed by atoms with Crippen LogP contribution in [-0.4, -0.2) is 25.0 Å². The van der Waals surface area contributed by atoms with E-state index in [9.17, 15) is 9.18 Å². The molecule has 1 N–H and O–H groups in total. The normalized spacial score (nSPS) is 11.1. The second kappa shape index (κ2) is 6.68. The van der Waals surface area contributed by atoms with Crippen LogP contribution in [0.3, 0.4) is 0 Å². The number of imidazole rings is 2. The predicted octanol–water partition coefficient (Wildman–Crippen LogP) is 3.04. The zero-order valence-electron chi connectivity index (χ0n) is 15.0. The highest BCUT2D eigenvalue weighted by molar-refractivity contribution is 6.06. The fourth-order valence-electron chi connectivity index (χ4n) is 3.10. The third-order valence-corrected chi connectivity index (χ3v) is 4.58. The minimum atomic E-state index is -0.299. The quantitative estimate of drug-likeness (QED) is 0.606. The average molecular weight is 363 g/mol. The van der Waals surface area contributed by atoms with Crippen LogP contribution in [0.5, 0.6) is 0 Å². The number of benzene rings is 2. The number of amides is 1. The molecule has 4 rings (SSSR count). The number of fused-ring (bicyclic) bond motifs is 1. The van der Waals surface area contributed by atoms with E-state index in [-0.39, 0.29) is 11.7 Å². The van der Waals surface area contributed by atoms with E-state index in [2.05, 4.69) is 15.3 Å². The van der Waals surface area contributed by atoms with E-state index >= 15 is 0 Å². The lowest BCUT2D eigenvalue weighted by Crippen LogP contribution is -2.24. The highest BCUT2D eigenvalue weighted by Gasteiger charge is 2.16. The number of halogens is 1. The third-order valence-electron chi connectivity index (χ3n) is 4.58. The van der Waals surface area contributed by atoms with Gasteiger partial charge in [0, 0.05) is 20.3 Å². The van der Waals surface area contributed by atoms with E-state index in [1.54, 1.807) is 31.0 Å². The summed E-state index contributed by atoms with van der Waals surface area (Å²) in [5.41, 5.74) is 4.53. The maximum atomic E-state index is 13.2. The SMILES string of the molecule is Cn1cncc1CNC(=O)c1cc(-c2ccc(F)cc2)cc2ncn(C)c12. The molecule has 27 heavy (non-hydrogen) atoms. The maximum absolute atomic E-state index is 13.2. The molecular weight excluding hydrogens is 345 g/mol. The highest BCUT2D eigenvalue weighted by atomic mass is 19.1. The summed E-state index contributed by atoms with van der Waals surface area (Å²) in [5.74, 6) is -0.499. The molecule has 0 radical (unpaired) electrons. The number of hydrogen-bond acceptors (Lipinski definition) is 3. The van der Waals surface area contributed by atoms with Gasteiger partial charge in [0.1, 0.15) is 5.82 Å². The van der Waals surface area contributed by atoms with Crippen molar-refractivity contribution in [2.75, 3.05) is 0 Å². The largest absolute Gasteiger partial charge is 0.346 e. The second-order valence-electron chi connectivity index (χ2n) is 6.43. The molecule has 0 aliphatic carbocycles. The highest BCUT2D eigenvalue weighted by Crippen LogP contribution is 2.27. The molecule has 0 aliphatic heterocycles. The fraction of sp³-hybridized carbons (Fsp3) is 0.150. The number of aryl methyl sites for hydroxylation is 2. The lowest BCUT2D eigenvalue weighted by molar-refractivity contribution is 0.0951. The molecule has 0 saturated heterocycles. The molecule has 2 heterocycles. The lowest BCUT2D eigenvalue weighted by Gasteiger charge is -2.10. The van der Waals surface area contributed by atoms with E-state index in [0.717, 1.165) is 22.3 Å². The standard InChI is InChI=1S/C20H18FN5O/c1-25-11-22-9-16(25)10-23-20(27)17-7-14(13-3-5-15(21)6-4-13)8-18-19(17)26(2)12-24-18/h3-9,11-12H,10H2,1-2H3,(H,23,27). The maximum Gasteiger partial charge on any atom is 0.253 e. The second-order valence-corrected chi connectivity index (χ2v) is 6.43. The van der Waals surface area contributed by atoms with Crippen LogP contribution in [-0.2, 0) is 20.6 Å². The van der Waals surface area contributed by atoms with E-state index in [1.807, 2.05) is 35.4 Å². The Labute approximate surface area is 155 Å². The Morgan fingerprint density at radius 1 is 1.07 bits per heavy atom. The molecule has 0 saturated carbocycles. The molecule has 2 aromatic heterocycles. The van der Waals surface area contributed by atoms with Crippen LogP contribution in [0.1, 0.15) is 16.1 Å². The number of nitrogens with zero attached hydrogens (tertiary/aromatic N) is 4. The van der Waals surface area contributed by atoms with Gasteiger partial charge in [-0.3, -0.25) is 4.79 Å². The Balaban J connectivity index is 1.73. The number of carbonyl (C=O) groups excluding carboxylic acids is 1. The first-order valence-electron chi connectivity index (χ1n) is 8.47. The minimum absolute atomic E-state index is 0.200. The topological polar surface area (TPSA) is 64.7 Å². The van der Waals surface area contributed by atoms with Gasteiger partial charge in [-0.2, -0.15) is 0 Å². The van der Waals surface area contributed by atoms with Gasteiger partial charge in [0.2, 0.25) is 0 Å². The molecule has 6 nitrogen and oxygen atoms in total. The van der Waals surface area contributed by atoms with Crippen molar-refractivity contribution in [1.82, 2.24) is 24.4 Å². The van der Waals surface area contributed by atoms with Crippen molar-refractivity contribution >= 4 is 16.9 Å². The van der Waals surface area contributed by atoms with E-state index < -0.39 is 0 Å². The number of carbonyl (C=O) groups is 1. The first kappa shape index (κ1) is 17.0. The third kappa shape index (κ3) is 3.19. The number of aromatic nitrogens is 4.